The summed E-state index contributed by atoms with van der Waals surface area (Å²) in [5.41, 5.74) is 1.51. The fraction of sp³-hybridized carbons (Fsp3) is 0.583. The molecule has 1 unspecified atom stereocenters. The molecule has 1 rings (SSSR count). The van der Waals surface area contributed by atoms with Gasteiger partial charge in [-0.25, -0.2) is 0 Å². The number of nitrogens with one attached hydrogen (secondary N) is 1. The maximum absolute atomic E-state index is 10.9. The van der Waals surface area contributed by atoms with Crippen molar-refractivity contribution in [2.24, 2.45) is 0 Å². The maximum Gasteiger partial charge on any atom is 0.290 e. The molecule has 1 heterocycles. The zero-order chi connectivity index (χ0) is 12.8. The van der Waals surface area contributed by atoms with Gasteiger partial charge in [-0.15, -0.1) is 0 Å². The van der Waals surface area contributed by atoms with Gasteiger partial charge < -0.3 is 5.32 Å². The molecule has 0 amide bonds. The molecule has 1 aromatic heterocycles. The van der Waals surface area contributed by atoms with Crippen molar-refractivity contribution in [1.82, 2.24) is 10.3 Å². The van der Waals surface area contributed by atoms with Crippen LogP contribution < -0.4 is 5.32 Å². The van der Waals surface area contributed by atoms with Crippen molar-refractivity contribution in [3.63, 3.8) is 0 Å². The van der Waals surface area contributed by atoms with Gasteiger partial charge in [-0.3, -0.25) is 15.1 Å². The first-order valence-corrected chi connectivity index (χ1v) is 5.92. The maximum atomic E-state index is 10.9. The second-order valence-corrected chi connectivity index (χ2v) is 4.04. The van der Waals surface area contributed by atoms with Crippen molar-refractivity contribution < 1.29 is 4.92 Å². The van der Waals surface area contributed by atoms with Gasteiger partial charge in [0.15, 0.2) is 0 Å². The van der Waals surface area contributed by atoms with Crippen LogP contribution in [0.15, 0.2) is 12.1 Å². The van der Waals surface area contributed by atoms with Crippen molar-refractivity contribution >= 4 is 5.69 Å². The summed E-state index contributed by atoms with van der Waals surface area (Å²) in [7, 11) is 0. The fourth-order valence-corrected chi connectivity index (χ4v) is 1.80. The van der Waals surface area contributed by atoms with Gasteiger partial charge in [0.2, 0.25) is 0 Å². The van der Waals surface area contributed by atoms with E-state index in [2.05, 4.69) is 17.2 Å². The molecule has 0 saturated heterocycles. The van der Waals surface area contributed by atoms with Crippen molar-refractivity contribution in [3.05, 3.63) is 33.6 Å². The molecule has 1 aromatic rings. The van der Waals surface area contributed by atoms with Crippen LogP contribution in [0.1, 0.15) is 31.7 Å². The van der Waals surface area contributed by atoms with E-state index in [1.807, 2.05) is 13.8 Å². The van der Waals surface area contributed by atoms with Gasteiger partial charge in [-0.2, -0.15) is 0 Å². The molecular weight excluding hydrogens is 218 g/mol. The number of rotatable bonds is 6. The highest BCUT2D eigenvalue weighted by atomic mass is 16.6. The van der Waals surface area contributed by atoms with E-state index in [-0.39, 0.29) is 16.7 Å². The van der Waals surface area contributed by atoms with Crippen molar-refractivity contribution in [2.75, 3.05) is 6.54 Å². The third-order valence-corrected chi connectivity index (χ3v) is 2.71. The number of hydrogen-bond acceptors (Lipinski definition) is 4. The minimum Gasteiger partial charge on any atom is -0.314 e. The Morgan fingerprint density at radius 1 is 1.47 bits per heavy atom. The summed E-state index contributed by atoms with van der Waals surface area (Å²) in [6.45, 7) is 6.80. The molecule has 0 spiro atoms. The lowest BCUT2D eigenvalue weighted by Crippen LogP contribution is -2.30. The topological polar surface area (TPSA) is 68.1 Å². The summed E-state index contributed by atoms with van der Waals surface area (Å²) in [6.07, 6.45) is 1.53. The minimum absolute atomic E-state index is 0.118. The Labute approximate surface area is 101 Å². The van der Waals surface area contributed by atoms with E-state index in [9.17, 15) is 10.1 Å². The molecule has 0 aliphatic rings. The Hall–Kier alpha value is -1.49. The number of likely N-dealkylation sites (N-methyl/N-ethyl adjacent to an activating group) is 1. The van der Waals surface area contributed by atoms with Crippen molar-refractivity contribution in [3.8, 4) is 0 Å². The summed E-state index contributed by atoms with van der Waals surface area (Å²) in [4.78, 5) is 14.8. The highest BCUT2D eigenvalue weighted by Gasteiger charge is 2.18. The number of nitrogens with zero attached hydrogens (tertiary/aromatic N) is 2. The SMILES string of the molecule is CCNC(CC)Cc1nc(C)ccc1[N+](=O)[O-]. The first kappa shape index (κ1) is 13.6. The molecule has 0 saturated carbocycles. The average molecular weight is 237 g/mol. The van der Waals surface area contributed by atoms with Crippen LogP contribution in [0, 0.1) is 17.0 Å². The second-order valence-electron chi connectivity index (χ2n) is 4.04. The molecule has 0 aromatic carbocycles. The molecule has 0 bridgehead atoms. The van der Waals surface area contributed by atoms with E-state index in [0.717, 1.165) is 18.7 Å². The summed E-state index contributed by atoms with van der Waals surface area (Å²) in [5.74, 6) is 0. The molecule has 1 atom stereocenters. The van der Waals surface area contributed by atoms with Gasteiger partial charge in [-0.1, -0.05) is 13.8 Å². The summed E-state index contributed by atoms with van der Waals surface area (Å²) in [5, 5.41) is 14.2. The number of aryl methyl sites for hydroxylation is 1. The molecule has 1 N–H and O–H groups in total. The fourth-order valence-electron chi connectivity index (χ4n) is 1.80. The van der Waals surface area contributed by atoms with Crippen LogP contribution >= 0.6 is 0 Å². The van der Waals surface area contributed by atoms with E-state index in [1.165, 1.54) is 6.07 Å². The van der Waals surface area contributed by atoms with Gasteiger partial charge >= 0.3 is 0 Å². The first-order chi connectivity index (χ1) is 8.08. The van der Waals surface area contributed by atoms with Gasteiger partial charge in [0.1, 0.15) is 5.69 Å². The van der Waals surface area contributed by atoms with Gasteiger partial charge in [0.25, 0.3) is 5.69 Å². The van der Waals surface area contributed by atoms with Crippen LogP contribution in [0.5, 0.6) is 0 Å². The van der Waals surface area contributed by atoms with Crippen molar-refractivity contribution in [1.29, 1.82) is 0 Å². The monoisotopic (exact) mass is 237 g/mol. The van der Waals surface area contributed by atoms with Gasteiger partial charge in [-0.05, 0) is 26.0 Å². The van der Waals surface area contributed by atoms with Crippen LogP contribution in [0.2, 0.25) is 0 Å². The first-order valence-electron chi connectivity index (χ1n) is 5.92. The minimum atomic E-state index is -0.361. The van der Waals surface area contributed by atoms with E-state index >= 15 is 0 Å². The van der Waals surface area contributed by atoms with Crippen LogP contribution in [-0.4, -0.2) is 22.5 Å². The summed E-state index contributed by atoms with van der Waals surface area (Å²) in [6, 6.07) is 3.46. The average Bonchev–Trinajstić information content (AvgIpc) is 2.28. The standard InChI is InChI=1S/C12H19N3O2/c1-4-10(13-5-2)8-11-12(15(16)17)7-6-9(3)14-11/h6-7,10,13H,4-5,8H2,1-3H3. The Bertz CT molecular complexity index is 393. The van der Waals surface area contributed by atoms with E-state index in [4.69, 9.17) is 0 Å². The second kappa shape index (κ2) is 6.30. The number of hydrogen-bond donors (Lipinski definition) is 1. The highest BCUT2D eigenvalue weighted by Crippen LogP contribution is 2.18. The molecule has 94 valence electrons. The van der Waals surface area contributed by atoms with Crippen LogP contribution in [-0.2, 0) is 6.42 Å². The molecular formula is C12H19N3O2. The van der Waals surface area contributed by atoms with E-state index < -0.39 is 0 Å². The highest BCUT2D eigenvalue weighted by molar-refractivity contribution is 5.36. The van der Waals surface area contributed by atoms with Crippen LogP contribution in [0.25, 0.3) is 0 Å². The number of nitro groups is 1. The molecule has 0 aliphatic heterocycles. The Morgan fingerprint density at radius 3 is 2.71 bits per heavy atom. The molecule has 5 nitrogen and oxygen atoms in total. The lowest BCUT2D eigenvalue weighted by molar-refractivity contribution is -0.386. The van der Waals surface area contributed by atoms with Gasteiger partial charge in [0, 0.05) is 24.2 Å². The summed E-state index contributed by atoms with van der Waals surface area (Å²) >= 11 is 0. The quantitative estimate of drug-likeness (QED) is 0.608. The van der Waals surface area contributed by atoms with Crippen molar-refractivity contribution in [2.45, 2.75) is 39.7 Å². The third-order valence-electron chi connectivity index (χ3n) is 2.71. The Balaban J connectivity index is 2.94. The lowest BCUT2D eigenvalue weighted by Gasteiger charge is -2.15. The number of pyridine rings is 1. The zero-order valence-electron chi connectivity index (χ0n) is 10.6. The predicted octanol–water partition coefficient (Wildman–Crippen LogP) is 2.23. The summed E-state index contributed by atoms with van der Waals surface area (Å²) < 4.78 is 0. The van der Waals surface area contributed by atoms with Crippen LogP contribution in [0.4, 0.5) is 5.69 Å². The van der Waals surface area contributed by atoms with Crippen LogP contribution in [0.3, 0.4) is 0 Å². The smallest absolute Gasteiger partial charge is 0.290 e. The Morgan fingerprint density at radius 2 is 2.18 bits per heavy atom. The molecule has 0 fully saturated rings. The molecule has 0 aliphatic carbocycles. The zero-order valence-corrected chi connectivity index (χ0v) is 10.6. The molecule has 5 heteroatoms. The number of aromatic nitrogens is 1. The largest absolute Gasteiger partial charge is 0.314 e. The molecule has 17 heavy (non-hydrogen) atoms. The lowest BCUT2D eigenvalue weighted by atomic mass is 10.1. The van der Waals surface area contributed by atoms with E-state index in [1.54, 1.807) is 6.07 Å². The normalized spacial score (nSPS) is 12.4. The Kier molecular flexibility index (Phi) is 5.03. The third kappa shape index (κ3) is 3.78. The predicted molar refractivity (Wildman–Crippen MR) is 67.1 cm³/mol. The van der Waals surface area contributed by atoms with Gasteiger partial charge in [0.05, 0.1) is 4.92 Å². The molecule has 0 radical (unpaired) electrons. The van der Waals surface area contributed by atoms with E-state index in [0.29, 0.717) is 12.1 Å².